The molecule has 0 heterocycles. The van der Waals surface area contributed by atoms with Gasteiger partial charge in [0.1, 0.15) is 0 Å². The molecule has 1 atom stereocenters. The summed E-state index contributed by atoms with van der Waals surface area (Å²) < 4.78 is 5.19. The minimum absolute atomic E-state index is 0.00904. The van der Waals surface area contributed by atoms with Crippen molar-refractivity contribution < 1.29 is 19.2 Å². The van der Waals surface area contributed by atoms with Crippen molar-refractivity contribution in [2.45, 2.75) is 31.3 Å². The average Bonchev–Trinajstić information content (AvgIpc) is 2.66. The number of nitrogens with zero attached hydrogens (tertiary/aromatic N) is 1. The van der Waals surface area contributed by atoms with Gasteiger partial charge >= 0.3 is 5.97 Å². The fraction of sp³-hybridized carbons (Fsp3) is 0.263. The van der Waals surface area contributed by atoms with E-state index in [0.717, 1.165) is 12.0 Å². The molecule has 0 radical (unpaired) electrons. The van der Waals surface area contributed by atoms with Crippen LogP contribution in [-0.2, 0) is 16.0 Å². The van der Waals surface area contributed by atoms with Crippen LogP contribution in [0, 0.1) is 10.1 Å². The SMILES string of the molecule is CCc1ccc(C(=O)[C@@H](C)OC(=O)CSc2ccc([N+](=O)[O-])cc2)cc1. The van der Waals surface area contributed by atoms with Crippen LogP contribution < -0.4 is 0 Å². The summed E-state index contributed by atoms with van der Waals surface area (Å²) in [5, 5.41) is 10.6. The van der Waals surface area contributed by atoms with E-state index < -0.39 is 17.0 Å². The average molecular weight is 373 g/mol. The molecule has 0 saturated carbocycles. The number of nitro groups is 1. The first kappa shape index (κ1) is 19.7. The largest absolute Gasteiger partial charge is 0.454 e. The first-order valence-electron chi connectivity index (χ1n) is 8.10. The van der Waals surface area contributed by atoms with Gasteiger partial charge in [-0.2, -0.15) is 0 Å². The van der Waals surface area contributed by atoms with Crippen LogP contribution in [0.1, 0.15) is 29.8 Å². The Morgan fingerprint density at radius 2 is 1.73 bits per heavy atom. The number of non-ortho nitro benzene ring substituents is 1. The molecule has 7 heteroatoms. The molecule has 0 N–H and O–H groups in total. The van der Waals surface area contributed by atoms with Crippen molar-refractivity contribution in [2.24, 2.45) is 0 Å². The Labute approximate surface area is 155 Å². The molecule has 26 heavy (non-hydrogen) atoms. The van der Waals surface area contributed by atoms with Crippen LogP contribution in [0.2, 0.25) is 0 Å². The highest BCUT2D eigenvalue weighted by Gasteiger charge is 2.19. The number of hydrogen-bond donors (Lipinski definition) is 0. The van der Waals surface area contributed by atoms with Gasteiger partial charge in [0.2, 0.25) is 5.78 Å². The zero-order valence-electron chi connectivity index (χ0n) is 14.5. The second-order valence-corrected chi connectivity index (χ2v) is 6.64. The van der Waals surface area contributed by atoms with E-state index >= 15 is 0 Å². The van der Waals surface area contributed by atoms with E-state index in [2.05, 4.69) is 0 Å². The molecule has 2 aromatic carbocycles. The van der Waals surface area contributed by atoms with Gasteiger partial charge in [-0.05, 0) is 31.0 Å². The molecule has 0 amide bonds. The summed E-state index contributed by atoms with van der Waals surface area (Å²) in [7, 11) is 0. The lowest BCUT2D eigenvalue weighted by atomic mass is 10.0. The van der Waals surface area contributed by atoms with Gasteiger partial charge < -0.3 is 4.74 Å². The van der Waals surface area contributed by atoms with Gasteiger partial charge in [0.25, 0.3) is 5.69 Å². The molecule has 2 rings (SSSR count). The highest BCUT2D eigenvalue weighted by Crippen LogP contribution is 2.21. The third-order valence-corrected chi connectivity index (χ3v) is 4.71. The predicted molar refractivity (Wildman–Crippen MR) is 99.5 cm³/mol. The Bertz CT molecular complexity index is 787. The van der Waals surface area contributed by atoms with Gasteiger partial charge in [-0.3, -0.25) is 19.7 Å². The van der Waals surface area contributed by atoms with Gasteiger partial charge in [-0.15, -0.1) is 11.8 Å². The van der Waals surface area contributed by atoms with Crippen LogP contribution in [-0.4, -0.2) is 28.5 Å². The lowest BCUT2D eigenvalue weighted by Gasteiger charge is -2.12. The summed E-state index contributed by atoms with van der Waals surface area (Å²) in [5.41, 5.74) is 1.63. The van der Waals surface area contributed by atoms with Gasteiger partial charge in [0, 0.05) is 22.6 Å². The van der Waals surface area contributed by atoms with Crippen LogP contribution in [0.3, 0.4) is 0 Å². The maximum atomic E-state index is 12.3. The zero-order chi connectivity index (χ0) is 19.1. The van der Waals surface area contributed by atoms with Gasteiger partial charge in [-0.1, -0.05) is 31.2 Å². The summed E-state index contributed by atoms with van der Waals surface area (Å²) in [6, 6.07) is 13.1. The Kier molecular flexibility index (Phi) is 6.91. The van der Waals surface area contributed by atoms with Crippen molar-refractivity contribution in [3.63, 3.8) is 0 Å². The molecule has 0 aromatic heterocycles. The van der Waals surface area contributed by atoms with E-state index in [1.54, 1.807) is 31.2 Å². The van der Waals surface area contributed by atoms with Crippen LogP contribution in [0.5, 0.6) is 0 Å². The number of carbonyl (C=O) groups excluding carboxylic acids is 2. The molecule has 0 aliphatic heterocycles. The molecular formula is C19H19NO5S. The summed E-state index contributed by atoms with van der Waals surface area (Å²) in [4.78, 5) is 35.1. The van der Waals surface area contributed by atoms with Crippen molar-refractivity contribution in [1.82, 2.24) is 0 Å². The number of carbonyl (C=O) groups is 2. The van der Waals surface area contributed by atoms with E-state index in [4.69, 9.17) is 4.74 Å². The van der Waals surface area contributed by atoms with E-state index in [1.165, 1.54) is 23.9 Å². The number of benzene rings is 2. The van der Waals surface area contributed by atoms with Gasteiger partial charge in [-0.25, -0.2) is 0 Å². The first-order chi connectivity index (χ1) is 12.4. The van der Waals surface area contributed by atoms with Crippen molar-refractivity contribution >= 4 is 29.2 Å². The summed E-state index contributed by atoms with van der Waals surface area (Å²) in [6.07, 6.45) is 0.0197. The third-order valence-electron chi connectivity index (χ3n) is 3.73. The number of esters is 1. The Morgan fingerprint density at radius 3 is 2.27 bits per heavy atom. The first-order valence-corrected chi connectivity index (χ1v) is 9.09. The van der Waals surface area contributed by atoms with Gasteiger partial charge in [0.05, 0.1) is 10.7 Å². The lowest BCUT2D eigenvalue weighted by Crippen LogP contribution is -2.25. The molecule has 6 nitrogen and oxygen atoms in total. The predicted octanol–water partition coefficient (Wildman–Crippen LogP) is 4.06. The van der Waals surface area contributed by atoms with E-state index in [1.807, 2.05) is 19.1 Å². The molecule has 0 bridgehead atoms. The number of nitro benzene ring substituents is 1. The molecule has 0 aliphatic rings. The van der Waals surface area contributed by atoms with E-state index in [0.29, 0.717) is 10.5 Å². The van der Waals surface area contributed by atoms with Crippen LogP contribution in [0.4, 0.5) is 5.69 Å². The molecule has 0 spiro atoms. The minimum atomic E-state index is -0.868. The fourth-order valence-electron chi connectivity index (χ4n) is 2.23. The fourth-order valence-corrected chi connectivity index (χ4v) is 2.91. The van der Waals surface area contributed by atoms with Gasteiger partial charge in [0.15, 0.2) is 6.10 Å². The minimum Gasteiger partial charge on any atom is -0.454 e. The zero-order valence-corrected chi connectivity index (χ0v) is 15.3. The molecule has 0 unspecified atom stereocenters. The third kappa shape index (κ3) is 5.42. The van der Waals surface area contributed by atoms with Crippen molar-refractivity contribution in [1.29, 1.82) is 0 Å². The number of ketones is 1. The topological polar surface area (TPSA) is 86.5 Å². The summed E-state index contributed by atoms with van der Waals surface area (Å²) in [6.45, 7) is 3.58. The highest BCUT2D eigenvalue weighted by molar-refractivity contribution is 8.00. The maximum Gasteiger partial charge on any atom is 0.316 e. The van der Waals surface area contributed by atoms with Crippen LogP contribution >= 0.6 is 11.8 Å². The molecular weight excluding hydrogens is 354 g/mol. The number of rotatable bonds is 8. The number of hydrogen-bond acceptors (Lipinski definition) is 6. The molecule has 0 fully saturated rings. The second kappa shape index (κ2) is 9.15. The Balaban J connectivity index is 1.85. The standard InChI is InChI=1S/C19H19NO5S/c1-3-14-4-6-15(7-5-14)19(22)13(2)25-18(21)12-26-17-10-8-16(9-11-17)20(23)24/h4-11,13H,3,12H2,1-2H3/t13-/m1/s1. The normalized spacial score (nSPS) is 11.6. The number of ether oxygens (including phenoxy) is 1. The number of aryl methyl sites for hydroxylation is 1. The van der Waals surface area contributed by atoms with Crippen molar-refractivity contribution in [3.05, 3.63) is 69.8 Å². The molecule has 0 saturated heterocycles. The van der Waals surface area contributed by atoms with E-state index in [9.17, 15) is 19.7 Å². The number of thioether (sulfide) groups is 1. The summed E-state index contributed by atoms with van der Waals surface area (Å²) >= 11 is 1.19. The molecule has 2 aromatic rings. The maximum absolute atomic E-state index is 12.3. The molecule has 0 aliphatic carbocycles. The molecule has 136 valence electrons. The smallest absolute Gasteiger partial charge is 0.316 e. The summed E-state index contributed by atoms with van der Waals surface area (Å²) in [5.74, 6) is -0.745. The lowest BCUT2D eigenvalue weighted by molar-refractivity contribution is -0.384. The number of Topliss-reactive ketones (excluding diaryl/α,β-unsaturated/α-hetero) is 1. The Hall–Kier alpha value is -2.67. The van der Waals surface area contributed by atoms with Crippen molar-refractivity contribution in [3.8, 4) is 0 Å². The Morgan fingerprint density at radius 1 is 1.12 bits per heavy atom. The monoisotopic (exact) mass is 373 g/mol. The second-order valence-electron chi connectivity index (χ2n) is 5.59. The van der Waals surface area contributed by atoms with Crippen LogP contribution in [0.25, 0.3) is 0 Å². The van der Waals surface area contributed by atoms with Crippen LogP contribution in [0.15, 0.2) is 53.4 Å². The highest BCUT2D eigenvalue weighted by atomic mass is 32.2. The van der Waals surface area contributed by atoms with E-state index in [-0.39, 0.29) is 17.2 Å². The van der Waals surface area contributed by atoms with Crippen molar-refractivity contribution in [2.75, 3.05) is 5.75 Å². The quantitative estimate of drug-likeness (QED) is 0.228.